The maximum absolute atomic E-state index is 9.98. The third-order valence-electron chi connectivity index (χ3n) is 2.68. The molecule has 2 aromatic rings. The number of hydrogen-bond donors (Lipinski definition) is 2. The average molecular weight is 356 g/mol. The number of aryl methyl sites for hydroxylation is 2. The summed E-state index contributed by atoms with van der Waals surface area (Å²) in [5, 5.41) is 14.8. The quantitative estimate of drug-likeness (QED) is 0.648. The molecule has 0 bridgehead atoms. The summed E-state index contributed by atoms with van der Waals surface area (Å²) >= 11 is 4.89. The Morgan fingerprint density at radius 3 is 2.80 bits per heavy atom. The monoisotopic (exact) mass is 355 g/mol. The Kier molecular flexibility index (Phi) is 4.61. The van der Waals surface area contributed by atoms with Crippen LogP contribution in [0.2, 0.25) is 0 Å². The van der Waals surface area contributed by atoms with E-state index in [9.17, 15) is 5.11 Å². The molecule has 1 heterocycles. The van der Waals surface area contributed by atoms with Gasteiger partial charge < -0.3 is 9.84 Å². The average Bonchev–Trinajstić information content (AvgIpc) is 2.72. The number of benzene rings is 1. The molecule has 2 rings (SSSR count). The summed E-state index contributed by atoms with van der Waals surface area (Å²) in [6.07, 6.45) is 1.52. The smallest absolute Gasteiger partial charge is 0.203 e. The number of hydrazone groups is 1. The minimum atomic E-state index is 0.0488. The fraction of sp³-hybridized carbons (Fsp3) is 0.231. The second-order valence-corrected chi connectivity index (χ2v) is 6.20. The minimum absolute atomic E-state index is 0.0488. The Morgan fingerprint density at radius 1 is 1.45 bits per heavy atom. The maximum Gasteiger partial charge on any atom is 0.203 e. The van der Waals surface area contributed by atoms with Crippen molar-refractivity contribution in [3.8, 4) is 11.5 Å². The van der Waals surface area contributed by atoms with Gasteiger partial charge in [-0.3, -0.25) is 5.43 Å². The number of phenolic OH excluding ortho intramolecular Hbond substituents is 1. The van der Waals surface area contributed by atoms with Crippen molar-refractivity contribution in [1.82, 2.24) is 4.98 Å². The number of rotatable bonds is 4. The molecule has 0 aliphatic rings. The zero-order valence-corrected chi connectivity index (χ0v) is 13.7. The second kappa shape index (κ2) is 6.23. The molecule has 0 radical (unpaired) electrons. The lowest BCUT2D eigenvalue weighted by Crippen LogP contribution is -1.93. The van der Waals surface area contributed by atoms with Crippen molar-refractivity contribution in [1.29, 1.82) is 0 Å². The van der Waals surface area contributed by atoms with Gasteiger partial charge in [0, 0.05) is 14.9 Å². The van der Waals surface area contributed by atoms with Crippen molar-refractivity contribution in [2.75, 3.05) is 12.5 Å². The molecule has 0 unspecified atom stereocenters. The molecule has 0 atom stereocenters. The molecule has 20 heavy (non-hydrogen) atoms. The summed E-state index contributed by atoms with van der Waals surface area (Å²) in [4.78, 5) is 5.46. The highest BCUT2D eigenvalue weighted by molar-refractivity contribution is 9.10. The van der Waals surface area contributed by atoms with Gasteiger partial charge >= 0.3 is 0 Å². The Labute approximate surface area is 129 Å². The van der Waals surface area contributed by atoms with Gasteiger partial charge in [-0.05, 0) is 26.0 Å². The van der Waals surface area contributed by atoms with Crippen molar-refractivity contribution >= 4 is 38.6 Å². The Bertz CT molecular complexity index is 636. The summed E-state index contributed by atoms with van der Waals surface area (Å²) in [6.45, 7) is 3.96. The van der Waals surface area contributed by atoms with E-state index in [1.54, 1.807) is 12.1 Å². The van der Waals surface area contributed by atoms with Gasteiger partial charge in [0.15, 0.2) is 11.5 Å². The predicted octanol–water partition coefficient (Wildman–Crippen LogP) is 3.68. The number of nitrogens with zero attached hydrogens (tertiary/aromatic N) is 2. The first kappa shape index (κ1) is 14.8. The Morgan fingerprint density at radius 2 is 2.20 bits per heavy atom. The van der Waals surface area contributed by atoms with Crippen molar-refractivity contribution in [3.05, 3.63) is 32.7 Å². The van der Waals surface area contributed by atoms with Crippen molar-refractivity contribution in [2.24, 2.45) is 5.10 Å². The standard InChI is InChI=1S/C13H14BrN3O2S/c1-7-8(2)20-13(16-7)17-15-6-9-4-10(14)5-11(19-3)12(9)18/h4-6,18H,1-3H3,(H,16,17)/b15-6+. The zero-order valence-electron chi connectivity index (χ0n) is 11.3. The number of aromatic hydroxyl groups is 1. The van der Waals surface area contributed by atoms with Crippen LogP contribution in [0.3, 0.4) is 0 Å². The van der Waals surface area contributed by atoms with E-state index in [0.717, 1.165) is 20.2 Å². The fourth-order valence-electron chi connectivity index (χ4n) is 1.53. The number of anilines is 1. The third kappa shape index (κ3) is 3.29. The summed E-state index contributed by atoms with van der Waals surface area (Å²) in [7, 11) is 1.50. The van der Waals surface area contributed by atoms with Gasteiger partial charge in [0.05, 0.1) is 19.0 Å². The molecular weight excluding hydrogens is 342 g/mol. The molecule has 5 nitrogen and oxygen atoms in total. The van der Waals surface area contributed by atoms with Crippen LogP contribution in [0, 0.1) is 13.8 Å². The predicted molar refractivity (Wildman–Crippen MR) is 85.2 cm³/mol. The van der Waals surface area contributed by atoms with Gasteiger partial charge in [-0.2, -0.15) is 5.10 Å². The number of ether oxygens (including phenoxy) is 1. The zero-order chi connectivity index (χ0) is 14.7. The summed E-state index contributed by atoms with van der Waals surface area (Å²) in [5.74, 6) is 0.439. The lowest BCUT2D eigenvalue weighted by atomic mass is 10.2. The lowest BCUT2D eigenvalue weighted by molar-refractivity contribution is 0.373. The number of thiazole rings is 1. The molecule has 0 spiro atoms. The van der Waals surface area contributed by atoms with Gasteiger partial charge in [0.1, 0.15) is 0 Å². The fourth-order valence-corrected chi connectivity index (χ4v) is 2.74. The van der Waals surface area contributed by atoms with E-state index >= 15 is 0 Å². The van der Waals surface area contributed by atoms with E-state index in [2.05, 4.69) is 31.4 Å². The van der Waals surface area contributed by atoms with Gasteiger partial charge in [-0.1, -0.05) is 15.9 Å². The number of methoxy groups -OCH3 is 1. The Balaban J connectivity index is 2.17. The number of aromatic nitrogens is 1. The van der Waals surface area contributed by atoms with E-state index in [1.807, 2.05) is 13.8 Å². The summed E-state index contributed by atoms with van der Waals surface area (Å²) in [6, 6.07) is 3.44. The van der Waals surface area contributed by atoms with Crippen LogP contribution in [0.4, 0.5) is 5.13 Å². The van der Waals surface area contributed by atoms with Crippen LogP contribution < -0.4 is 10.2 Å². The highest BCUT2D eigenvalue weighted by atomic mass is 79.9. The van der Waals surface area contributed by atoms with Crippen molar-refractivity contribution < 1.29 is 9.84 Å². The van der Waals surface area contributed by atoms with E-state index in [1.165, 1.54) is 24.7 Å². The SMILES string of the molecule is COc1cc(Br)cc(/C=N/Nc2nc(C)c(C)s2)c1O. The minimum Gasteiger partial charge on any atom is -0.504 e. The Hall–Kier alpha value is -1.60. The molecular formula is C13H14BrN3O2S. The van der Waals surface area contributed by atoms with E-state index in [-0.39, 0.29) is 5.75 Å². The first-order valence-electron chi connectivity index (χ1n) is 5.81. The molecule has 0 saturated carbocycles. The third-order valence-corrected chi connectivity index (χ3v) is 4.12. The molecule has 0 aliphatic carbocycles. The first-order chi connectivity index (χ1) is 9.51. The molecule has 1 aromatic carbocycles. The molecule has 0 aliphatic heterocycles. The van der Waals surface area contributed by atoms with Crippen LogP contribution in [-0.2, 0) is 0 Å². The van der Waals surface area contributed by atoms with Crippen LogP contribution in [0.15, 0.2) is 21.7 Å². The lowest BCUT2D eigenvalue weighted by Gasteiger charge is -2.06. The highest BCUT2D eigenvalue weighted by Gasteiger charge is 2.08. The molecule has 0 amide bonds. The van der Waals surface area contributed by atoms with Gasteiger partial charge in [0.2, 0.25) is 5.13 Å². The van der Waals surface area contributed by atoms with Crippen molar-refractivity contribution in [3.63, 3.8) is 0 Å². The number of halogens is 1. The van der Waals surface area contributed by atoms with Crippen LogP contribution in [0.1, 0.15) is 16.1 Å². The molecule has 0 saturated heterocycles. The molecule has 7 heteroatoms. The summed E-state index contributed by atoms with van der Waals surface area (Å²) < 4.78 is 5.88. The van der Waals surface area contributed by atoms with Crippen LogP contribution in [0.25, 0.3) is 0 Å². The van der Waals surface area contributed by atoms with Crippen LogP contribution in [0.5, 0.6) is 11.5 Å². The van der Waals surface area contributed by atoms with Crippen molar-refractivity contribution in [2.45, 2.75) is 13.8 Å². The molecule has 106 valence electrons. The number of phenols is 1. The van der Waals surface area contributed by atoms with Gasteiger partial charge in [-0.15, -0.1) is 11.3 Å². The van der Waals surface area contributed by atoms with E-state index in [0.29, 0.717) is 11.3 Å². The molecule has 1 aromatic heterocycles. The summed E-state index contributed by atoms with van der Waals surface area (Å²) in [5.41, 5.74) is 4.38. The maximum atomic E-state index is 9.98. The van der Waals surface area contributed by atoms with Crippen LogP contribution >= 0.6 is 27.3 Å². The topological polar surface area (TPSA) is 66.7 Å². The second-order valence-electron chi connectivity index (χ2n) is 4.08. The van der Waals surface area contributed by atoms with Gasteiger partial charge in [0.25, 0.3) is 0 Å². The number of hydrogen-bond acceptors (Lipinski definition) is 6. The molecule has 2 N–H and O–H groups in total. The van der Waals surface area contributed by atoms with E-state index in [4.69, 9.17) is 4.74 Å². The molecule has 0 fully saturated rings. The number of nitrogens with one attached hydrogen (secondary N) is 1. The normalized spacial score (nSPS) is 11.0. The van der Waals surface area contributed by atoms with Crippen LogP contribution in [-0.4, -0.2) is 23.4 Å². The first-order valence-corrected chi connectivity index (χ1v) is 7.42. The largest absolute Gasteiger partial charge is 0.504 e. The van der Waals surface area contributed by atoms with Gasteiger partial charge in [-0.25, -0.2) is 4.98 Å². The van der Waals surface area contributed by atoms with E-state index < -0.39 is 0 Å². The highest BCUT2D eigenvalue weighted by Crippen LogP contribution is 2.32.